The highest BCUT2D eigenvalue weighted by Crippen LogP contribution is 2.31. The summed E-state index contributed by atoms with van der Waals surface area (Å²) in [6.45, 7) is 2.86. The van der Waals surface area contributed by atoms with Crippen LogP contribution in [-0.2, 0) is 10.9 Å². The maximum absolute atomic E-state index is 9.09. The summed E-state index contributed by atoms with van der Waals surface area (Å²) < 4.78 is 5.86. The zero-order valence-electron chi connectivity index (χ0n) is 12.8. The summed E-state index contributed by atoms with van der Waals surface area (Å²) in [6, 6.07) is 8.26. The Labute approximate surface area is 126 Å². The topological polar surface area (TPSA) is 65.5 Å². The highest BCUT2D eigenvalue weighted by atomic mass is 31.2. The largest absolute Gasteiger partial charge is 0.361 e. The third-order valence-electron chi connectivity index (χ3n) is 3.98. The van der Waals surface area contributed by atoms with Crippen molar-refractivity contribution in [3.8, 4) is 0 Å². The van der Waals surface area contributed by atoms with Gasteiger partial charge in [-0.3, -0.25) is 4.52 Å². The Bertz CT molecular complexity index is 583. The number of quaternary nitrogens is 1. The number of rotatable bonds is 7. The van der Waals surface area contributed by atoms with Gasteiger partial charge in [-0.1, -0.05) is 25.1 Å². The average molecular weight is 311 g/mol. The first kappa shape index (κ1) is 16.4. The number of nitrogens with one attached hydrogen (secondary N) is 1. The van der Waals surface area contributed by atoms with E-state index in [-0.39, 0.29) is 6.23 Å². The molecule has 3 N–H and O–H groups in total. The minimum atomic E-state index is -2.32. The number of nitrogens with zero attached hydrogens (tertiary/aromatic N) is 1. The molecule has 0 radical (unpaired) electrons. The average Bonchev–Trinajstić information content (AvgIpc) is 2.85. The van der Waals surface area contributed by atoms with Crippen molar-refractivity contribution in [1.82, 2.24) is 4.98 Å². The van der Waals surface area contributed by atoms with E-state index in [1.54, 1.807) is 0 Å². The lowest BCUT2D eigenvalue weighted by molar-refractivity contribution is -0.933. The molecule has 0 aliphatic heterocycles. The molecule has 0 fully saturated rings. The van der Waals surface area contributed by atoms with Gasteiger partial charge in [-0.25, -0.2) is 0 Å². The maximum Gasteiger partial charge on any atom is 0.331 e. The molecule has 0 bridgehead atoms. The van der Waals surface area contributed by atoms with Crippen molar-refractivity contribution in [2.24, 2.45) is 0 Å². The zero-order valence-corrected chi connectivity index (χ0v) is 13.7. The summed E-state index contributed by atoms with van der Waals surface area (Å²) in [5.74, 6) is 0. The molecule has 6 heteroatoms. The summed E-state index contributed by atoms with van der Waals surface area (Å²) in [5, 5.41) is 1.25. The van der Waals surface area contributed by atoms with Gasteiger partial charge in [-0.05, 0) is 11.6 Å². The molecule has 0 amide bonds. The predicted molar refractivity (Wildman–Crippen MR) is 85.5 cm³/mol. The molecule has 2 rings (SSSR count). The minimum Gasteiger partial charge on any atom is -0.361 e. The van der Waals surface area contributed by atoms with E-state index < -0.39 is 8.60 Å². The fraction of sp³-hybridized carbons (Fsp3) is 0.467. The monoisotopic (exact) mass is 311 g/mol. The van der Waals surface area contributed by atoms with Crippen LogP contribution in [0.1, 0.15) is 18.9 Å². The molecule has 2 aromatic rings. The van der Waals surface area contributed by atoms with Gasteiger partial charge in [0.25, 0.3) is 0 Å². The van der Waals surface area contributed by atoms with Gasteiger partial charge in [0.2, 0.25) is 6.23 Å². The smallest absolute Gasteiger partial charge is 0.331 e. The maximum atomic E-state index is 9.09. The SMILES string of the molecule is CCC(OP(O)O)[N+](C)(C)CCc1c[nH]c2ccccc12. The Morgan fingerprint density at radius 2 is 2.00 bits per heavy atom. The van der Waals surface area contributed by atoms with E-state index >= 15 is 0 Å². The second-order valence-electron chi connectivity index (χ2n) is 5.83. The lowest BCUT2D eigenvalue weighted by atomic mass is 10.1. The highest BCUT2D eigenvalue weighted by Gasteiger charge is 2.29. The first-order chi connectivity index (χ1) is 9.94. The summed E-state index contributed by atoms with van der Waals surface area (Å²) >= 11 is 0. The third kappa shape index (κ3) is 4.02. The fourth-order valence-electron chi connectivity index (χ4n) is 2.70. The van der Waals surface area contributed by atoms with E-state index in [1.165, 1.54) is 10.9 Å². The number of likely N-dealkylation sites (N-methyl/N-ethyl adjacent to an activating group) is 1. The molecule has 0 aliphatic carbocycles. The van der Waals surface area contributed by atoms with Gasteiger partial charge in [0, 0.05) is 29.9 Å². The molecular weight excluding hydrogens is 287 g/mol. The van der Waals surface area contributed by atoms with E-state index in [9.17, 15) is 0 Å². The van der Waals surface area contributed by atoms with Crippen molar-refractivity contribution < 1.29 is 18.8 Å². The molecule has 21 heavy (non-hydrogen) atoms. The Balaban J connectivity index is 2.06. The van der Waals surface area contributed by atoms with Crippen molar-refractivity contribution in [2.45, 2.75) is 26.0 Å². The van der Waals surface area contributed by atoms with Gasteiger partial charge in [0.15, 0.2) is 0 Å². The second kappa shape index (κ2) is 6.86. The van der Waals surface area contributed by atoms with Crippen LogP contribution in [0.5, 0.6) is 0 Å². The Kier molecular flexibility index (Phi) is 5.36. The molecule has 1 aromatic heterocycles. The van der Waals surface area contributed by atoms with Crippen LogP contribution in [0.25, 0.3) is 10.9 Å². The minimum absolute atomic E-state index is 0.212. The molecule has 1 aromatic carbocycles. The van der Waals surface area contributed by atoms with E-state index in [0.717, 1.165) is 24.9 Å². The van der Waals surface area contributed by atoms with Gasteiger partial charge < -0.3 is 19.3 Å². The van der Waals surface area contributed by atoms with Crippen LogP contribution in [0.2, 0.25) is 0 Å². The molecule has 0 saturated heterocycles. The quantitative estimate of drug-likeness (QED) is 0.418. The number of H-pyrrole nitrogens is 1. The van der Waals surface area contributed by atoms with Gasteiger partial charge in [0.1, 0.15) is 0 Å². The lowest BCUT2D eigenvalue weighted by Crippen LogP contribution is -2.50. The van der Waals surface area contributed by atoms with Crippen LogP contribution in [0, 0.1) is 0 Å². The van der Waals surface area contributed by atoms with Crippen LogP contribution < -0.4 is 0 Å². The number of hydrogen-bond donors (Lipinski definition) is 3. The van der Waals surface area contributed by atoms with Crippen molar-refractivity contribution >= 4 is 19.5 Å². The first-order valence-corrected chi connectivity index (χ1v) is 8.33. The first-order valence-electron chi connectivity index (χ1n) is 7.16. The standard InChI is InChI=1S/C15H24N2O3P/c1-4-15(20-21(18)19)17(2,3)10-9-12-11-16-14-8-6-5-7-13(12)14/h5-8,11,15-16,18-19H,4,9-10H2,1-3H3/q+1. The van der Waals surface area contributed by atoms with E-state index in [1.807, 2.05) is 19.1 Å². The number of benzene rings is 1. The normalized spacial score (nSPS) is 14.0. The zero-order chi connectivity index (χ0) is 15.5. The summed E-state index contributed by atoms with van der Waals surface area (Å²) in [7, 11) is 1.80. The Morgan fingerprint density at radius 1 is 1.29 bits per heavy atom. The number of aromatic amines is 1. The van der Waals surface area contributed by atoms with Gasteiger partial charge in [0.05, 0.1) is 20.6 Å². The van der Waals surface area contributed by atoms with Crippen LogP contribution in [0.4, 0.5) is 0 Å². The number of aromatic nitrogens is 1. The van der Waals surface area contributed by atoms with Crippen molar-refractivity contribution in [3.63, 3.8) is 0 Å². The number of fused-ring (bicyclic) bond motifs is 1. The van der Waals surface area contributed by atoms with Gasteiger partial charge in [-0.15, -0.1) is 0 Å². The predicted octanol–water partition coefficient (Wildman–Crippen LogP) is 2.75. The van der Waals surface area contributed by atoms with Crippen molar-refractivity contribution in [2.75, 3.05) is 20.6 Å². The number of para-hydroxylation sites is 1. The molecule has 0 aliphatic rings. The van der Waals surface area contributed by atoms with E-state index in [2.05, 4.69) is 37.4 Å². The highest BCUT2D eigenvalue weighted by molar-refractivity contribution is 7.39. The molecule has 1 unspecified atom stereocenters. The van der Waals surface area contributed by atoms with Crippen LogP contribution >= 0.6 is 8.60 Å². The molecule has 1 atom stereocenters. The van der Waals surface area contributed by atoms with Crippen molar-refractivity contribution in [1.29, 1.82) is 0 Å². The summed E-state index contributed by atoms with van der Waals surface area (Å²) in [4.78, 5) is 21.5. The van der Waals surface area contributed by atoms with Crippen LogP contribution in [0.3, 0.4) is 0 Å². The van der Waals surface area contributed by atoms with E-state index in [0.29, 0.717) is 4.48 Å². The number of hydrogen-bond acceptors (Lipinski definition) is 3. The third-order valence-corrected chi connectivity index (χ3v) is 4.41. The van der Waals surface area contributed by atoms with Gasteiger partial charge >= 0.3 is 8.60 Å². The summed E-state index contributed by atoms with van der Waals surface area (Å²) in [6.07, 6.45) is 3.49. The molecule has 116 valence electrons. The Hall–Kier alpha value is -0.970. The van der Waals surface area contributed by atoms with Crippen molar-refractivity contribution in [3.05, 3.63) is 36.0 Å². The molecule has 0 spiro atoms. The van der Waals surface area contributed by atoms with E-state index in [4.69, 9.17) is 14.3 Å². The van der Waals surface area contributed by atoms with Gasteiger partial charge in [-0.2, -0.15) is 0 Å². The fourth-order valence-corrected chi connectivity index (χ4v) is 3.32. The van der Waals surface area contributed by atoms with Crippen LogP contribution in [0.15, 0.2) is 30.5 Å². The lowest BCUT2D eigenvalue weighted by Gasteiger charge is -2.36. The molecule has 0 saturated carbocycles. The second-order valence-corrected chi connectivity index (χ2v) is 6.55. The molecule has 5 nitrogen and oxygen atoms in total. The van der Waals surface area contributed by atoms with Crippen LogP contribution in [-0.4, -0.2) is 46.1 Å². The summed E-state index contributed by atoms with van der Waals surface area (Å²) in [5.41, 5.74) is 2.43. The Morgan fingerprint density at radius 3 is 2.67 bits per heavy atom. The molecule has 1 heterocycles. The molecular formula is C15H24N2O3P+.